The van der Waals surface area contributed by atoms with Crippen molar-refractivity contribution >= 4 is 34.9 Å². The third-order valence-electron chi connectivity index (χ3n) is 4.43. The Morgan fingerprint density at radius 3 is 2.42 bits per heavy atom. The molecule has 2 N–H and O–H groups in total. The van der Waals surface area contributed by atoms with Crippen LogP contribution in [0.2, 0.25) is 5.02 Å². The van der Waals surface area contributed by atoms with E-state index in [1.165, 1.54) is 0 Å². The molecular formula is C21H29ClN4. The lowest BCUT2D eigenvalue weighted by Crippen LogP contribution is -2.36. The Hall–Kier alpha value is -2.04. The van der Waals surface area contributed by atoms with Crippen molar-refractivity contribution in [3.05, 3.63) is 52.0 Å². The van der Waals surface area contributed by atoms with Crippen LogP contribution in [0.1, 0.15) is 27.7 Å². The predicted octanol–water partition coefficient (Wildman–Crippen LogP) is 3.34. The Labute approximate surface area is 161 Å². The van der Waals surface area contributed by atoms with E-state index in [2.05, 4.69) is 42.4 Å². The molecule has 0 aliphatic rings. The lowest BCUT2D eigenvalue weighted by molar-refractivity contribution is 0.307. The fraction of sp³-hybridized carbons (Fsp3) is 0.381. The molecule has 140 valence electrons. The highest BCUT2D eigenvalue weighted by molar-refractivity contribution is 6.30. The zero-order chi connectivity index (χ0) is 18.9. The number of hydrogen-bond acceptors (Lipinski definition) is 4. The van der Waals surface area contributed by atoms with E-state index in [9.17, 15) is 0 Å². The lowest BCUT2D eigenvalue weighted by atomic mass is 10.2. The molecule has 1 heterocycles. The number of aromatic nitrogens is 1. The molecular weight excluding hydrogens is 344 g/mol. The third-order valence-corrected chi connectivity index (χ3v) is 4.68. The fourth-order valence-electron chi connectivity index (χ4n) is 2.80. The van der Waals surface area contributed by atoms with Gasteiger partial charge in [0.2, 0.25) is 0 Å². The molecule has 0 unspecified atom stereocenters. The van der Waals surface area contributed by atoms with E-state index in [0.717, 1.165) is 59.0 Å². The number of nitrogens with one attached hydrogen (secondary N) is 2. The minimum atomic E-state index is 0.724. The summed E-state index contributed by atoms with van der Waals surface area (Å²) in [6.45, 7) is 12.6. The van der Waals surface area contributed by atoms with Crippen LogP contribution in [0.15, 0.2) is 36.4 Å². The Balaban J connectivity index is 2.15. The molecule has 26 heavy (non-hydrogen) atoms. The predicted molar refractivity (Wildman–Crippen MR) is 113 cm³/mol. The average molecular weight is 373 g/mol. The molecule has 0 saturated heterocycles. The molecule has 2 rings (SSSR count). The number of likely N-dealkylation sites (N-methyl/N-ethyl adjacent to an activating group) is 1. The topological polar surface area (TPSA) is 40.2 Å². The fourth-order valence-corrected chi connectivity index (χ4v) is 2.93. The van der Waals surface area contributed by atoms with Crippen LogP contribution in [0.4, 0.5) is 11.5 Å². The van der Waals surface area contributed by atoms with Crippen LogP contribution < -0.4 is 21.2 Å². The summed E-state index contributed by atoms with van der Waals surface area (Å²) in [5.41, 5.74) is 2.12. The summed E-state index contributed by atoms with van der Waals surface area (Å²) in [6.07, 6.45) is 2.04. The van der Waals surface area contributed by atoms with Crippen molar-refractivity contribution in [3.8, 4) is 0 Å². The molecule has 0 fully saturated rings. The van der Waals surface area contributed by atoms with Crippen molar-refractivity contribution in [2.45, 2.75) is 27.7 Å². The number of hydrogen-bond donors (Lipinski definition) is 2. The van der Waals surface area contributed by atoms with Crippen LogP contribution in [-0.2, 0) is 0 Å². The van der Waals surface area contributed by atoms with Crippen molar-refractivity contribution in [1.29, 1.82) is 0 Å². The summed E-state index contributed by atoms with van der Waals surface area (Å²) < 4.78 is 0. The van der Waals surface area contributed by atoms with E-state index in [0.29, 0.717) is 0 Å². The standard InChI is InChI=1S/C21H29ClN4/c1-5-20-19(16(4)23-14-15-26(6-2)7-3)12-13-21(25-20)24-18-10-8-17(22)9-11-18/h5,8-13,23H,6-7,14-15H2,1-4H3,(H,24,25)/b19-16+,20-5+. The van der Waals surface area contributed by atoms with Crippen LogP contribution in [-0.4, -0.2) is 36.1 Å². The average Bonchev–Trinajstić information content (AvgIpc) is 2.66. The monoisotopic (exact) mass is 372 g/mol. The number of rotatable bonds is 8. The molecule has 0 aliphatic heterocycles. The highest BCUT2D eigenvalue weighted by atomic mass is 35.5. The maximum atomic E-state index is 5.94. The first-order chi connectivity index (χ1) is 12.6. The molecule has 5 heteroatoms. The Morgan fingerprint density at radius 1 is 1.12 bits per heavy atom. The van der Waals surface area contributed by atoms with Gasteiger partial charge in [0.05, 0.1) is 5.35 Å². The van der Waals surface area contributed by atoms with E-state index in [4.69, 9.17) is 16.6 Å². The number of halogens is 1. The minimum absolute atomic E-state index is 0.724. The number of pyridine rings is 1. The highest BCUT2D eigenvalue weighted by Gasteiger charge is 2.01. The summed E-state index contributed by atoms with van der Waals surface area (Å²) in [5, 5.41) is 9.67. The van der Waals surface area contributed by atoms with Crippen LogP contribution in [0.3, 0.4) is 0 Å². The molecule has 0 atom stereocenters. The molecule has 2 aromatic rings. The van der Waals surface area contributed by atoms with Crippen molar-refractivity contribution in [1.82, 2.24) is 15.2 Å². The van der Waals surface area contributed by atoms with Crippen LogP contribution in [0, 0.1) is 0 Å². The van der Waals surface area contributed by atoms with E-state index >= 15 is 0 Å². The van der Waals surface area contributed by atoms with Crippen molar-refractivity contribution in [3.63, 3.8) is 0 Å². The maximum absolute atomic E-state index is 5.94. The summed E-state index contributed by atoms with van der Waals surface area (Å²) in [4.78, 5) is 7.14. The van der Waals surface area contributed by atoms with Gasteiger partial charge in [-0.15, -0.1) is 0 Å². The first-order valence-electron chi connectivity index (χ1n) is 9.20. The van der Waals surface area contributed by atoms with Gasteiger partial charge in [0.1, 0.15) is 5.82 Å². The molecule has 0 bridgehead atoms. The van der Waals surface area contributed by atoms with Gasteiger partial charge in [0.25, 0.3) is 0 Å². The molecule has 0 radical (unpaired) electrons. The second kappa shape index (κ2) is 10.2. The third kappa shape index (κ3) is 5.75. The molecule has 1 aromatic carbocycles. The van der Waals surface area contributed by atoms with Crippen LogP contribution in [0.5, 0.6) is 0 Å². The minimum Gasteiger partial charge on any atom is -0.387 e. The van der Waals surface area contributed by atoms with Gasteiger partial charge in [-0.1, -0.05) is 31.5 Å². The van der Waals surface area contributed by atoms with Gasteiger partial charge in [-0.3, -0.25) is 0 Å². The Morgan fingerprint density at radius 2 is 1.81 bits per heavy atom. The second-order valence-corrected chi connectivity index (χ2v) is 6.56. The van der Waals surface area contributed by atoms with Gasteiger partial charge in [0.15, 0.2) is 0 Å². The van der Waals surface area contributed by atoms with Gasteiger partial charge in [-0.2, -0.15) is 0 Å². The maximum Gasteiger partial charge on any atom is 0.131 e. The molecule has 4 nitrogen and oxygen atoms in total. The van der Waals surface area contributed by atoms with E-state index in [1.54, 1.807) is 0 Å². The van der Waals surface area contributed by atoms with E-state index in [-0.39, 0.29) is 0 Å². The Bertz CT molecular complexity index is 811. The number of benzene rings is 1. The zero-order valence-electron chi connectivity index (χ0n) is 16.1. The number of nitrogens with zero attached hydrogens (tertiary/aromatic N) is 2. The van der Waals surface area contributed by atoms with Crippen LogP contribution in [0.25, 0.3) is 11.8 Å². The molecule has 1 aromatic heterocycles. The second-order valence-electron chi connectivity index (χ2n) is 6.13. The van der Waals surface area contributed by atoms with Crippen LogP contribution >= 0.6 is 11.6 Å². The quantitative estimate of drug-likeness (QED) is 0.745. The molecule has 0 saturated carbocycles. The van der Waals surface area contributed by atoms with E-state index in [1.807, 2.05) is 43.3 Å². The normalized spacial score (nSPS) is 13.1. The summed E-state index contributed by atoms with van der Waals surface area (Å²) >= 11 is 5.94. The van der Waals surface area contributed by atoms with Crippen molar-refractivity contribution < 1.29 is 0 Å². The first kappa shape index (κ1) is 20.3. The molecule has 0 aliphatic carbocycles. The van der Waals surface area contributed by atoms with Gasteiger partial charge in [-0.05, 0) is 63.3 Å². The lowest BCUT2D eigenvalue weighted by Gasteiger charge is -2.18. The van der Waals surface area contributed by atoms with Gasteiger partial charge < -0.3 is 15.5 Å². The molecule has 0 spiro atoms. The first-order valence-corrected chi connectivity index (χ1v) is 9.58. The van der Waals surface area contributed by atoms with Gasteiger partial charge in [-0.25, -0.2) is 4.98 Å². The largest absolute Gasteiger partial charge is 0.387 e. The van der Waals surface area contributed by atoms with Crippen molar-refractivity contribution in [2.75, 3.05) is 31.5 Å². The van der Waals surface area contributed by atoms with Gasteiger partial charge in [0, 0.05) is 34.7 Å². The Kier molecular flexibility index (Phi) is 7.95. The molecule has 0 amide bonds. The van der Waals surface area contributed by atoms with Gasteiger partial charge >= 0.3 is 0 Å². The highest BCUT2D eigenvalue weighted by Crippen LogP contribution is 2.16. The van der Waals surface area contributed by atoms with Crippen molar-refractivity contribution in [2.24, 2.45) is 0 Å². The number of anilines is 2. The van der Waals surface area contributed by atoms with E-state index < -0.39 is 0 Å². The SMILES string of the molecule is C/C=c1/nc(Nc2ccc(Cl)cc2)cc/c1=C(/C)NCCN(CC)CC. The summed E-state index contributed by atoms with van der Waals surface area (Å²) in [5.74, 6) is 0.820. The summed E-state index contributed by atoms with van der Waals surface area (Å²) in [7, 11) is 0. The smallest absolute Gasteiger partial charge is 0.131 e. The zero-order valence-corrected chi connectivity index (χ0v) is 16.9. The summed E-state index contributed by atoms with van der Waals surface area (Å²) in [6, 6.07) is 11.7.